The summed E-state index contributed by atoms with van der Waals surface area (Å²) in [6.07, 6.45) is -5.38. The Hall–Kier alpha value is -1.34. The number of rotatable bonds is 0. The van der Waals surface area contributed by atoms with Gasteiger partial charge in [0.1, 0.15) is 0 Å². The van der Waals surface area contributed by atoms with E-state index in [1.54, 1.807) is 0 Å². The highest BCUT2D eigenvalue weighted by Crippen LogP contribution is 2.31. The van der Waals surface area contributed by atoms with Gasteiger partial charge >= 0.3 is 6.18 Å². The van der Waals surface area contributed by atoms with E-state index in [1.807, 2.05) is 4.98 Å². The zero-order valence-electron chi connectivity index (χ0n) is 6.09. The molecular formula is C6F7N. The minimum absolute atomic E-state index is 1.92. The van der Waals surface area contributed by atoms with E-state index < -0.39 is 35.3 Å². The molecule has 0 saturated heterocycles. The van der Waals surface area contributed by atoms with Crippen molar-refractivity contribution in [1.82, 2.24) is 4.98 Å². The third-order valence-electron chi connectivity index (χ3n) is 1.25. The molecule has 78 valence electrons. The molecule has 1 aromatic rings. The SMILES string of the molecule is Fc1nc(C(F)(F)F)c(F)c(F)c1F. The van der Waals surface area contributed by atoms with Crippen molar-refractivity contribution in [1.29, 1.82) is 0 Å². The Bertz CT molecular complexity index is 369. The van der Waals surface area contributed by atoms with Crippen molar-refractivity contribution in [2.75, 3.05) is 0 Å². The summed E-state index contributed by atoms with van der Waals surface area (Å²) in [4.78, 5) is 1.92. The second kappa shape index (κ2) is 3.10. The second-order valence-corrected chi connectivity index (χ2v) is 2.19. The van der Waals surface area contributed by atoms with Crippen molar-refractivity contribution < 1.29 is 30.7 Å². The third-order valence-corrected chi connectivity index (χ3v) is 1.25. The van der Waals surface area contributed by atoms with Gasteiger partial charge in [-0.15, -0.1) is 0 Å². The van der Waals surface area contributed by atoms with Gasteiger partial charge in [0.15, 0.2) is 11.5 Å². The van der Waals surface area contributed by atoms with Crippen LogP contribution in [0, 0.1) is 23.4 Å². The largest absolute Gasteiger partial charge is 0.436 e. The molecule has 0 fully saturated rings. The van der Waals surface area contributed by atoms with Gasteiger partial charge in [-0.3, -0.25) is 0 Å². The number of halogens is 7. The first-order valence-corrected chi connectivity index (χ1v) is 3.02. The number of nitrogens with zero attached hydrogens (tertiary/aromatic N) is 1. The Labute approximate surface area is 72.2 Å². The van der Waals surface area contributed by atoms with Gasteiger partial charge < -0.3 is 0 Å². The number of aromatic nitrogens is 1. The van der Waals surface area contributed by atoms with Crippen LogP contribution < -0.4 is 0 Å². The fourth-order valence-electron chi connectivity index (χ4n) is 0.675. The Morgan fingerprint density at radius 2 is 1.29 bits per heavy atom. The lowest BCUT2D eigenvalue weighted by Crippen LogP contribution is -2.15. The van der Waals surface area contributed by atoms with Crippen molar-refractivity contribution in [3.8, 4) is 0 Å². The molecule has 0 N–H and O–H groups in total. The average Bonchev–Trinajstić information content (AvgIpc) is 2.06. The standard InChI is InChI=1S/C6F7N/c7-1-2(8)4(6(11,12)13)14-5(10)3(1)9. The number of hydrogen-bond acceptors (Lipinski definition) is 1. The average molecular weight is 219 g/mol. The lowest BCUT2D eigenvalue weighted by molar-refractivity contribution is -0.144. The van der Waals surface area contributed by atoms with Crippen molar-refractivity contribution >= 4 is 0 Å². The zero-order chi connectivity index (χ0) is 11.1. The molecule has 0 bridgehead atoms. The minimum atomic E-state index is -5.38. The highest BCUT2D eigenvalue weighted by atomic mass is 19.4. The summed E-state index contributed by atoms with van der Waals surface area (Å²) < 4.78 is 84.3. The van der Waals surface area contributed by atoms with E-state index >= 15 is 0 Å². The van der Waals surface area contributed by atoms with E-state index in [4.69, 9.17) is 0 Å². The van der Waals surface area contributed by atoms with Crippen LogP contribution in [0.25, 0.3) is 0 Å². The first-order valence-electron chi connectivity index (χ1n) is 3.02. The van der Waals surface area contributed by atoms with Crippen molar-refractivity contribution in [2.45, 2.75) is 6.18 Å². The molecule has 14 heavy (non-hydrogen) atoms. The zero-order valence-corrected chi connectivity index (χ0v) is 6.09. The van der Waals surface area contributed by atoms with E-state index in [1.165, 1.54) is 0 Å². The van der Waals surface area contributed by atoms with Crippen LogP contribution in [0.2, 0.25) is 0 Å². The summed E-state index contributed by atoms with van der Waals surface area (Å²) in [5, 5.41) is 0. The van der Waals surface area contributed by atoms with Crippen LogP contribution in [0.5, 0.6) is 0 Å². The maximum Gasteiger partial charge on any atom is 0.436 e. The lowest BCUT2D eigenvalue weighted by Gasteiger charge is -2.07. The third kappa shape index (κ3) is 1.64. The highest BCUT2D eigenvalue weighted by Gasteiger charge is 2.39. The fourth-order valence-corrected chi connectivity index (χ4v) is 0.675. The molecule has 8 heteroatoms. The topological polar surface area (TPSA) is 12.9 Å². The van der Waals surface area contributed by atoms with Crippen molar-refractivity contribution in [3.63, 3.8) is 0 Å². The van der Waals surface area contributed by atoms with Gasteiger partial charge in [0.05, 0.1) is 0 Å². The highest BCUT2D eigenvalue weighted by molar-refractivity contribution is 5.14. The quantitative estimate of drug-likeness (QED) is 0.482. The molecule has 1 nitrogen and oxygen atoms in total. The second-order valence-electron chi connectivity index (χ2n) is 2.19. The number of pyridine rings is 1. The number of hydrogen-bond donors (Lipinski definition) is 0. The summed E-state index contributed by atoms with van der Waals surface area (Å²) in [7, 11) is 0. The fraction of sp³-hybridized carbons (Fsp3) is 0.167. The van der Waals surface area contributed by atoms with Crippen LogP contribution >= 0.6 is 0 Å². The Morgan fingerprint density at radius 3 is 1.71 bits per heavy atom. The molecule has 0 aromatic carbocycles. The maximum atomic E-state index is 12.4. The van der Waals surface area contributed by atoms with Crippen LogP contribution in [0.15, 0.2) is 0 Å². The van der Waals surface area contributed by atoms with E-state index in [-0.39, 0.29) is 0 Å². The molecule has 0 radical (unpaired) electrons. The van der Waals surface area contributed by atoms with Gasteiger partial charge in [0, 0.05) is 0 Å². The van der Waals surface area contributed by atoms with E-state index in [0.29, 0.717) is 0 Å². The van der Waals surface area contributed by atoms with E-state index in [2.05, 4.69) is 0 Å². The molecule has 0 atom stereocenters. The van der Waals surface area contributed by atoms with Gasteiger partial charge in [0.25, 0.3) is 5.95 Å². The van der Waals surface area contributed by atoms with Gasteiger partial charge in [-0.2, -0.15) is 22.0 Å². The Balaban J connectivity index is 3.49. The monoisotopic (exact) mass is 219 g/mol. The smallest absolute Gasteiger partial charge is 0.209 e. The van der Waals surface area contributed by atoms with Crippen LogP contribution in [-0.2, 0) is 6.18 Å². The normalized spacial score (nSPS) is 11.9. The van der Waals surface area contributed by atoms with E-state index in [0.717, 1.165) is 0 Å². The molecule has 0 amide bonds. The molecule has 1 aromatic heterocycles. The summed E-state index contributed by atoms with van der Waals surface area (Å²) in [6, 6.07) is 0. The van der Waals surface area contributed by atoms with Crippen molar-refractivity contribution in [3.05, 3.63) is 29.1 Å². The molecule has 1 heterocycles. The van der Waals surface area contributed by atoms with Crippen LogP contribution in [0.1, 0.15) is 5.69 Å². The van der Waals surface area contributed by atoms with Crippen LogP contribution in [0.3, 0.4) is 0 Å². The molecule has 0 aliphatic carbocycles. The number of alkyl halides is 3. The first-order chi connectivity index (χ1) is 6.25. The van der Waals surface area contributed by atoms with Gasteiger partial charge in [-0.05, 0) is 0 Å². The van der Waals surface area contributed by atoms with Crippen LogP contribution in [-0.4, -0.2) is 4.98 Å². The molecule has 0 aliphatic heterocycles. The summed E-state index contributed by atoms with van der Waals surface area (Å²) in [5.41, 5.74) is -2.42. The van der Waals surface area contributed by atoms with Crippen molar-refractivity contribution in [2.24, 2.45) is 0 Å². The molecule has 0 saturated carbocycles. The summed E-state index contributed by atoms with van der Waals surface area (Å²) >= 11 is 0. The predicted octanol–water partition coefficient (Wildman–Crippen LogP) is 2.66. The molecule has 1 rings (SSSR count). The summed E-state index contributed by atoms with van der Waals surface area (Å²) in [5.74, 6) is -9.81. The van der Waals surface area contributed by atoms with Gasteiger partial charge in [-0.25, -0.2) is 13.8 Å². The Kier molecular flexibility index (Phi) is 2.38. The predicted molar refractivity (Wildman–Crippen MR) is 29.1 cm³/mol. The van der Waals surface area contributed by atoms with Crippen LogP contribution in [0.4, 0.5) is 30.7 Å². The first kappa shape index (κ1) is 10.7. The van der Waals surface area contributed by atoms with Gasteiger partial charge in [0.2, 0.25) is 11.6 Å². The van der Waals surface area contributed by atoms with E-state index in [9.17, 15) is 30.7 Å². The molecular weight excluding hydrogens is 219 g/mol. The van der Waals surface area contributed by atoms with Gasteiger partial charge in [-0.1, -0.05) is 0 Å². The molecule has 0 unspecified atom stereocenters. The Morgan fingerprint density at radius 1 is 0.786 bits per heavy atom. The molecule has 0 aliphatic rings. The molecule has 0 spiro atoms. The summed E-state index contributed by atoms with van der Waals surface area (Å²) in [6.45, 7) is 0. The maximum absolute atomic E-state index is 12.4. The minimum Gasteiger partial charge on any atom is -0.209 e. The lowest BCUT2D eigenvalue weighted by atomic mass is 10.3.